The van der Waals surface area contributed by atoms with Crippen molar-refractivity contribution in [3.63, 3.8) is 0 Å². The Labute approximate surface area is 121 Å². The van der Waals surface area contributed by atoms with Gasteiger partial charge in [-0.2, -0.15) is 0 Å². The molecule has 2 rings (SSSR count). The molecule has 0 aliphatic rings. The smallest absolute Gasteiger partial charge is 0.226 e. The number of carbonyl (C=O) groups is 1. The largest absolute Gasteiger partial charge is 0.365 e. The lowest BCUT2D eigenvalue weighted by atomic mass is 10.1. The van der Waals surface area contributed by atoms with Crippen LogP contribution in [0.15, 0.2) is 29.6 Å². The molecular weight excluding hydrogens is 277 g/mol. The SMILES string of the molecule is CNc1nc(CC(=O)NCCc2ccc(F)cc2)cs1. The second kappa shape index (κ2) is 7.00. The zero-order chi connectivity index (χ0) is 14.4. The van der Waals surface area contributed by atoms with Crippen LogP contribution in [0.3, 0.4) is 0 Å². The van der Waals surface area contributed by atoms with E-state index in [2.05, 4.69) is 15.6 Å². The van der Waals surface area contributed by atoms with Crippen molar-refractivity contribution in [2.75, 3.05) is 18.9 Å². The summed E-state index contributed by atoms with van der Waals surface area (Å²) in [6.07, 6.45) is 0.965. The van der Waals surface area contributed by atoms with Crippen LogP contribution in [0.4, 0.5) is 9.52 Å². The predicted molar refractivity (Wildman–Crippen MR) is 78.5 cm³/mol. The first-order valence-corrected chi connectivity index (χ1v) is 7.18. The zero-order valence-corrected chi connectivity index (χ0v) is 12.0. The van der Waals surface area contributed by atoms with Gasteiger partial charge in [-0.1, -0.05) is 12.1 Å². The summed E-state index contributed by atoms with van der Waals surface area (Å²) in [7, 11) is 1.80. The maximum Gasteiger partial charge on any atom is 0.226 e. The molecule has 20 heavy (non-hydrogen) atoms. The molecule has 1 aromatic heterocycles. The van der Waals surface area contributed by atoms with Crippen molar-refractivity contribution in [2.45, 2.75) is 12.8 Å². The van der Waals surface area contributed by atoms with Crippen LogP contribution >= 0.6 is 11.3 Å². The summed E-state index contributed by atoms with van der Waals surface area (Å²) in [6, 6.07) is 6.29. The van der Waals surface area contributed by atoms with Crippen molar-refractivity contribution >= 4 is 22.4 Å². The maximum atomic E-state index is 12.7. The number of halogens is 1. The van der Waals surface area contributed by atoms with Crippen LogP contribution in [0, 0.1) is 5.82 Å². The Bertz CT molecular complexity index is 568. The highest BCUT2D eigenvalue weighted by Crippen LogP contribution is 2.14. The Kier molecular flexibility index (Phi) is 5.06. The second-order valence-corrected chi connectivity index (χ2v) is 5.16. The lowest BCUT2D eigenvalue weighted by Gasteiger charge is -2.04. The van der Waals surface area contributed by atoms with Crippen LogP contribution in [-0.4, -0.2) is 24.5 Å². The topological polar surface area (TPSA) is 54.0 Å². The molecule has 1 aromatic carbocycles. The number of hydrogen-bond acceptors (Lipinski definition) is 4. The summed E-state index contributed by atoms with van der Waals surface area (Å²) in [5, 5.41) is 8.44. The van der Waals surface area contributed by atoms with Crippen LogP contribution in [0.1, 0.15) is 11.3 Å². The third-order valence-corrected chi connectivity index (χ3v) is 3.66. The van der Waals surface area contributed by atoms with Crippen molar-refractivity contribution in [3.8, 4) is 0 Å². The summed E-state index contributed by atoms with van der Waals surface area (Å²) in [5.41, 5.74) is 1.76. The number of amides is 1. The first kappa shape index (κ1) is 14.5. The van der Waals surface area contributed by atoms with E-state index in [1.54, 1.807) is 19.2 Å². The van der Waals surface area contributed by atoms with Gasteiger partial charge < -0.3 is 10.6 Å². The average Bonchev–Trinajstić information content (AvgIpc) is 2.88. The van der Waals surface area contributed by atoms with E-state index in [1.807, 2.05) is 5.38 Å². The van der Waals surface area contributed by atoms with Gasteiger partial charge in [0.2, 0.25) is 5.91 Å². The van der Waals surface area contributed by atoms with E-state index in [0.717, 1.165) is 16.4 Å². The van der Waals surface area contributed by atoms with E-state index in [-0.39, 0.29) is 18.1 Å². The lowest BCUT2D eigenvalue weighted by molar-refractivity contribution is -0.120. The molecule has 0 bridgehead atoms. The van der Waals surface area contributed by atoms with Crippen LogP contribution in [0.5, 0.6) is 0 Å². The van der Waals surface area contributed by atoms with E-state index in [4.69, 9.17) is 0 Å². The third-order valence-electron chi connectivity index (χ3n) is 2.76. The highest BCUT2D eigenvalue weighted by atomic mass is 32.1. The molecule has 1 heterocycles. The van der Waals surface area contributed by atoms with Gasteiger partial charge in [0.05, 0.1) is 12.1 Å². The molecule has 0 unspecified atom stereocenters. The molecule has 0 aliphatic carbocycles. The molecule has 0 fully saturated rings. The molecule has 2 N–H and O–H groups in total. The van der Waals surface area contributed by atoms with Crippen molar-refractivity contribution in [1.29, 1.82) is 0 Å². The number of nitrogens with zero attached hydrogens (tertiary/aromatic N) is 1. The van der Waals surface area contributed by atoms with Crippen LogP contribution in [0.25, 0.3) is 0 Å². The Morgan fingerprint density at radius 3 is 2.75 bits per heavy atom. The van der Waals surface area contributed by atoms with Gasteiger partial charge in [0, 0.05) is 19.0 Å². The summed E-state index contributed by atoms with van der Waals surface area (Å²) >= 11 is 1.48. The molecular formula is C14H16FN3OS. The molecule has 1 amide bonds. The average molecular weight is 293 g/mol. The third kappa shape index (κ3) is 4.31. The number of benzene rings is 1. The van der Waals surface area contributed by atoms with Crippen LogP contribution in [-0.2, 0) is 17.6 Å². The van der Waals surface area contributed by atoms with E-state index in [0.29, 0.717) is 13.0 Å². The normalized spacial score (nSPS) is 10.3. The predicted octanol–water partition coefficient (Wildman–Crippen LogP) is 2.23. The van der Waals surface area contributed by atoms with Crippen molar-refractivity contribution in [3.05, 3.63) is 46.7 Å². The lowest BCUT2D eigenvalue weighted by Crippen LogP contribution is -2.27. The minimum atomic E-state index is -0.248. The van der Waals surface area contributed by atoms with Gasteiger partial charge in [0.1, 0.15) is 5.82 Å². The minimum absolute atomic E-state index is 0.0555. The molecule has 4 nitrogen and oxygen atoms in total. The second-order valence-electron chi connectivity index (χ2n) is 4.30. The van der Waals surface area contributed by atoms with Gasteiger partial charge >= 0.3 is 0 Å². The number of hydrogen-bond donors (Lipinski definition) is 2. The molecule has 0 saturated carbocycles. The molecule has 0 saturated heterocycles. The van der Waals surface area contributed by atoms with E-state index >= 15 is 0 Å². The van der Waals surface area contributed by atoms with E-state index in [9.17, 15) is 9.18 Å². The summed E-state index contributed by atoms with van der Waals surface area (Å²) in [6.45, 7) is 0.535. The minimum Gasteiger partial charge on any atom is -0.365 e. The first-order chi connectivity index (χ1) is 9.67. The molecule has 0 atom stereocenters. The summed E-state index contributed by atoms with van der Waals surface area (Å²) < 4.78 is 12.7. The number of nitrogens with one attached hydrogen (secondary N) is 2. The Morgan fingerprint density at radius 2 is 2.10 bits per heavy atom. The highest BCUT2D eigenvalue weighted by molar-refractivity contribution is 7.13. The van der Waals surface area contributed by atoms with Crippen LogP contribution in [0.2, 0.25) is 0 Å². The molecule has 106 valence electrons. The Morgan fingerprint density at radius 1 is 1.35 bits per heavy atom. The Balaban J connectivity index is 1.73. The monoisotopic (exact) mass is 293 g/mol. The maximum absolute atomic E-state index is 12.7. The van der Waals surface area contributed by atoms with Crippen molar-refractivity contribution in [1.82, 2.24) is 10.3 Å². The summed E-state index contributed by atoms with van der Waals surface area (Å²) in [4.78, 5) is 16.0. The van der Waals surface area contributed by atoms with Gasteiger partial charge in [-0.15, -0.1) is 11.3 Å². The van der Waals surface area contributed by atoms with E-state index in [1.165, 1.54) is 23.5 Å². The highest BCUT2D eigenvalue weighted by Gasteiger charge is 2.06. The molecule has 0 aliphatic heterocycles. The van der Waals surface area contributed by atoms with Gasteiger partial charge in [-0.3, -0.25) is 4.79 Å². The Hall–Kier alpha value is -1.95. The van der Waals surface area contributed by atoms with Gasteiger partial charge in [-0.05, 0) is 24.1 Å². The van der Waals surface area contributed by atoms with Gasteiger partial charge in [-0.25, -0.2) is 9.37 Å². The van der Waals surface area contributed by atoms with Crippen molar-refractivity contribution < 1.29 is 9.18 Å². The quantitative estimate of drug-likeness (QED) is 0.858. The van der Waals surface area contributed by atoms with Crippen LogP contribution < -0.4 is 10.6 Å². The molecule has 0 radical (unpaired) electrons. The standard InChI is InChI=1S/C14H16FN3OS/c1-16-14-18-12(9-20-14)8-13(19)17-7-6-10-2-4-11(15)5-3-10/h2-5,9H,6-8H2,1H3,(H,16,18)(H,17,19). The number of carbonyl (C=O) groups excluding carboxylic acids is 1. The fourth-order valence-electron chi connectivity index (χ4n) is 1.73. The zero-order valence-electron chi connectivity index (χ0n) is 11.1. The number of anilines is 1. The fraction of sp³-hybridized carbons (Fsp3) is 0.286. The fourth-order valence-corrected chi connectivity index (χ4v) is 2.40. The van der Waals surface area contributed by atoms with Gasteiger partial charge in [0.15, 0.2) is 5.13 Å². The molecule has 0 spiro atoms. The number of aromatic nitrogens is 1. The molecule has 6 heteroatoms. The number of rotatable bonds is 6. The van der Waals surface area contributed by atoms with Gasteiger partial charge in [0.25, 0.3) is 0 Å². The summed E-state index contributed by atoms with van der Waals surface area (Å²) in [5.74, 6) is -0.304. The molecule has 2 aromatic rings. The van der Waals surface area contributed by atoms with Crippen molar-refractivity contribution in [2.24, 2.45) is 0 Å². The number of thiazole rings is 1. The first-order valence-electron chi connectivity index (χ1n) is 6.30. The van der Waals surface area contributed by atoms with E-state index < -0.39 is 0 Å².